The summed E-state index contributed by atoms with van der Waals surface area (Å²) >= 11 is 1.44. The number of aromatic nitrogens is 3. The first-order valence-corrected chi connectivity index (χ1v) is 9.54. The first kappa shape index (κ1) is 16.8. The zero-order valence-corrected chi connectivity index (χ0v) is 15.4. The third-order valence-electron chi connectivity index (χ3n) is 4.41. The van der Waals surface area contributed by atoms with Crippen LogP contribution in [0.1, 0.15) is 28.0 Å². The topological polar surface area (TPSA) is 69.0 Å². The van der Waals surface area contributed by atoms with Crippen molar-refractivity contribution >= 4 is 17.2 Å². The SMILES string of the molecule is Cn1cc(-c2nc(C(=O)NCCOc3ccc4c(c3)CCC4)cs2)cn1. The number of carbonyl (C=O) groups excluding carboxylic acids is 1. The van der Waals surface area contributed by atoms with E-state index in [0.29, 0.717) is 18.8 Å². The Labute approximate surface area is 155 Å². The highest BCUT2D eigenvalue weighted by Gasteiger charge is 2.13. The van der Waals surface area contributed by atoms with Gasteiger partial charge in [-0.15, -0.1) is 11.3 Å². The maximum absolute atomic E-state index is 12.2. The molecule has 2 heterocycles. The van der Waals surface area contributed by atoms with Crippen molar-refractivity contribution in [3.63, 3.8) is 0 Å². The van der Waals surface area contributed by atoms with Crippen LogP contribution in [0, 0.1) is 0 Å². The van der Waals surface area contributed by atoms with Crippen molar-refractivity contribution in [1.29, 1.82) is 0 Å². The molecule has 7 heteroatoms. The minimum atomic E-state index is -0.186. The van der Waals surface area contributed by atoms with Crippen molar-refractivity contribution in [3.05, 3.63) is 52.8 Å². The van der Waals surface area contributed by atoms with Crippen molar-refractivity contribution in [3.8, 4) is 16.3 Å². The summed E-state index contributed by atoms with van der Waals surface area (Å²) < 4.78 is 7.47. The van der Waals surface area contributed by atoms with E-state index in [-0.39, 0.29) is 5.91 Å². The standard InChI is InChI=1S/C19H20N4O2S/c1-23-11-15(10-21-23)19-22-17(12-26-19)18(24)20-7-8-25-16-6-5-13-3-2-4-14(13)9-16/h5-6,9-12H,2-4,7-8H2,1H3,(H,20,24). The molecule has 4 rings (SSSR count). The highest BCUT2D eigenvalue weighted by Crippen LogP contribution is 2.26. The number of ether oxygens (including phenoxy) is 1. The summed E-state index contributed by atoms with van der Waals surface area (Å²) in [6, 6.07) is 6.27. The Balaban J connectivity index is 1.27. The van der Waals surface area contributed by atoms with Crippen LogP contribution in [0.3, 0.4) is 0 Å². The largest absolute Gasteiger partial charge is 0.492 e. The van der Waals surface area contributed by atoms with Gasteiger partial charge < -0.3 is 10.1 Å². The normalized spacial score (nSPS) is 12.8. The number of aryl methyl sites for hydroxylation is 3. The Morgan fingerprint density at radius 3 is 3.08 bits per heavy atom. The van der Waals surface area contributed by atoms with Crippen molar-refractivity contribution in [1.82, 2.24) is 20.1 Å². The molecule has 0 saturated carbocycles. The summed E-state index contributed by atoms with van der Waals surface area (Å²) in [5, 5.41) is 9.53. The second kappa shape index (κ2) is 7.29. The van der Waals surface area contributed by atoms with Gasteiger partial charge in [0.15, 0.2) is 0 Å². The zero-order valence-electron chi connectivity index (χ0n) is 14.6. The number of thiazole rings is 1. The van der Waals surface area contributed by atoms with Crippen LogP contribution in [0.5, 0.6) is 5.75 Å². The summed E-state index contributed by atoms with van der Waals surface area (Å²) in [7, 11) is 1.85. The molecule has 26 heavy (non-hydrogen) atoms. The Bertz CT molecular complexity index is 931. The molecule has 0 aliphatic heterocycles. The zero-order chi connectivity index (χ0) is 17.9. The predicted molar refractivity (Wildman–Crippen MR) is 101 cm³/mol. The lowest BCUT2D eigenvalue weighted by Crippen LogP contribution is -2.28. The van der Waals surface area contributed by atoms with Crippen LogP contribution in [-0.2, 0) is 19.9 Å². The molecular formula is C19H20N4O2S. The fourth-order valence-electron chi connectivity index (χ4n) is 3.10. The molecule has 1 aliphatic rings. The van der Waals surface area contributed by atoms with E-state index >= 15 is 0 Å². The summed E-state index contributed by atoms with van der Waals surface area (Å²) in [6.45, 7) is 0.875. The lowest BCUT2D eigenvalue weighted by molar-refractivity contribution is 0.0943. The van der Waals surface area contributed by atoms with E-state index in [1.54, 1.807) is 16.3 Å². The van der Waals surface area contributed by atoms with E-state index in [1.807, 2.05) is 19.3 Å². The Hall–Kier alpha value is -2.67. The van der Waals surface area contributed by atoms with E-state index in [1.165, 1.54) is 35.3 Å². The molecule has 2 aromatic heterocycles. The molecule has 1 aliphatic carbocycles. The van der Waals surface area contributed by atoms with Crippen LogP contribution in [0.2, 0.25) is 0 Å². The van der Waals surface area contributed by atoms with Crippen molar-refractivity contribution in [2.24, 2.45) is 7.05 Å². The molecule has 134 valence electrons. The average molecular weight is 368 g/mol. The molecule has 6 nitrogen and oxygen atoms in total. The van der Waals surface area contributed by atoms with E-state index in [4.69, 9.17) is 4.74 Å². The van der Waals surface area contributed by atoms with Crippen molar-refractivity contribution in [2.75, 3.05) is 13.2 Å². The van der Waals surface area contributed by atoms with Crippen LogP contribution in [0.4, 0.5) is 0 Å². The van der Waals surface area contributed by atoms with Gasteiger partial charge in [0, 0.05) is 24.2 Å². The second-order valence-electron chi connectivity index (χ2n) is 6.33. The van der Waals surface area contributed by atoms with Crippen molar-refractivity contribution in [2.45, 2.75) is 19.3 Å². The number of hydrogen-bond donors (Lipinski definition) is 1. The number of nitrogens with zero attached hydrogens (tertiary/aromatic N) is 3. The summed E-state index contributed by atoms with van der Waals surface area (Å²) in [5.74, 6) is 0.682. The molecule has 0 unspecified atom stereocenters. The number of fused-ring (bicyclic) bond motifs is 1. The molecule has 0 radical (unpaired) electrons. The highest BCUT2D eigenvalue weighted by molar-refractivity contribution is 7.13. The third kappa shape index (κ3) is 3.62. The third-order valence-corrected chi connectivity index (χ3v) is 5.31. The lowest BCUT2D eigenvalue weighted by atomic mass is 10.1. The Kier molecular flexibility index (Phi) is 4.71. The predicted octanol–water partition coefficient (Wildman–Crippen LogP) is 2.84. The fourth-order valence-corrected chi connectivity index (χ4v) is 3.88. The smallest absolute Gasteiger partial charge is 0.270 e. The fraction of sp³-hybridized carbons (Fsp3) is 0.316. The number of hydrogen-bond acceptors (Lipinski definition) is 5. The van der Waals surface area contributed by atoms with Gasteiger partial charge in [-0.2, -0.15) is 5.10 Å². The molecular weight excluding hydrogens is 348 g/mol. The molecule has 1 aromatic carbocycles. The number of benzene rings is 1. The highest BCUT2D eigenvalue weighted by atomic mass is 32.1. The molecule has 0 bridgehead atoms. The van der Waals surface area contributed by atoms with Gasteiger partial charge in [-0.05, 0) is 42.5 Å². The summed E-state index contributed by atoms with van der Waals surface area (Å²) in [6.07, 6.45) is 7.15. The quantitative estimate of drug-likeness (QED) is 0.679. The maximum atomic E-state index is 12.2. The van der Waals surface area contributed by atoms with E-state index in [0.717, 1.165) is 22.7 Å². The number of rotatable bonds is 6. The average Bonchev–Trinajstić information content (AvgIpc) is 3.37. The molecule has 1 amide bonds. The molecule has 0 spiro atoms. The van der Waals surface area contributed by atoms with E-state index < -0.39 is 0 Å². The van der Waals surface area contributed by atoms with Crippen LogP contribution in [0.15, 0.2) is 36.0 Å². The summed E-state index contributed by atoms with van der Waals surface area (Å²) in [4.78, 5) is 16.6. The molecule has 1 N–H and O–H groups in total. The molecule has 0 saturated heterocycles. The number of nitrogens with one attached hydrogen (secondary N) is 1. The van der Waals surface area contributed by atoms with E-state index in [2.05, 4.69) is 27.5 Å². The molecule has 0 atom stereocenters. The Morgan fingerprint density at radius 1 is 1.35 bits per heavy atom. The van der Waals surface area contributed by atoms with Crippen LogP contribution in [0.25, 0.3) is 10.6 Å². The maximum Gasteiger partial charge on any atom is 0.270 e. The van der Waals surface area contributed by atoms with Crippen LogP contribution >= 0.6 is 11.3 Å². The monoisotopic (exact) mass is 368 g/mol. The lowest BCUT2D eigenvalue weighted by Gasteiger charge is -2.08. The molecule has 0 fully saturated rings. The van der Waals surface area contributed by atoms with Gasteiger partial charge in [0.2, 0.25) is 0 Å². The van der Waals surface area contributed by atoms with Gasteiger partial charge in [0.1, 0.15) is 23.1 Å². The van der Waals surface area contributed by atoms with Gasteiger partial charge >= 0.3 is 0 Å². The van der Waals surface area contributed by atoms with Gasteiger partial charge in [-0.25, -0.2) is 4.98 Å². The molecule has 3 aromatic rings. The second-order valence-corrected chi connectivity index (χ2v) is 7.19. The van der Waals surface area contributed by atoms with Gasteiger partial charge in [-0.3, -0.25) is 9.48 Å². The van der Waals surface area contributed by atoms with Gasteiger partial charge in [0.25, 0.3) is 5.91 Å². The van der Waals surface area contributed by atoms with Gasteiger partial charge in [-0.1, -0.05) is 6.07 Å². The number of amides is 1. The first-order chi connectivity index (χ1) is 12.7. The van der Waals surface area contributed by atoms with Crippen LogP contribution < -0.4 is 10.1 Å². The van der Waals surface area contributed by atoms with E-state index in [9.17, 15) is 4.79 Å². The Morgan fingerprint density at radius 2 is 2.23 bits per heavy atom. The number of carbonyl (C=O) groups is 1. The summed E-state index contributed by atoms with van der Waals surface area (Å²) in [5.41, 5.74) is 4.15. The van der Waals surface area contributed by atoms with Gasteiger partial charge in [0.05, 0.1) is 12.7 Å². The minimum Gasteiger partial charge on any atom is -0.492 e. The van der Waals surface area contributed by atoms with Crippen molar-refractivity contribution < 1.29 is 9.53 Å². The first-order valence-electron chi connectivity index (χ1n) is 8.66. The van der Waals surface area contributed by atoms with Crippen LogP contribution in [-0.4, -0.2) is 33.8 Å². The minimum absolute atomic E-state index is 0.186.